The molecule has 1 amide bonds. The third kappa shape index (κ3) is 1.74. The van der Waals surface area contributed by atoms with Gasteiger partial charge in [-0.25, -0.2) is 4.84 Å². The van der Waals surface area contributed by atoms with Crippen molar-refractivity contribution in [3.05, 3.63) is 35.9 Å². The molecule has 4 heteroatoms. The first-order valence-electron chi connectivity index (χ1n) is 4.51. The predicted octanol–water partition coefficient (Wildman–Crippen LogP) is 1.36. The van der Waals surface area contributed by atoms with Gasteiger partial charge < -0.3 is 5.32 Å². The Bertz CT molecular complexity index is 328. The van der Waals surface area contributed by atoms with E-state index in [0.29, 0.717) is 6.42 Å². The highest BCUT2D eigenvalue weighted by molar-refractivity contribution is 6.13. The summed E-state index contributed by atoms with van der Waals surface area (Å²) in [6.45, 7) is 0. The van der Waals surface area contributed by atoms with Gasteiger partial charge in [0.2, 0.25) is 5.91 Å². The first-order valence-corrected chi connectivity index (χ1v) is 4.89. The Kier molecular flexibility index (Phi) is 2.70. The van der Waals surface area contributed by atoms with E-state index in [9.17, 15) is 4.79 Å². The molecular weight excluding hydrogens is 200 g/mol. The summed E-state index contributed by atoms with van der Waals surface area (Å²) in [5, 5.41) is 2.89. The highest BCUT2D eigenvalue weighted by Crippen LogP contribution is 2.24. The van der Waals surface area contributed by atoms with E-state index < -0.39 is 0 Å². The van der Waals surface area contributed by atoms with Crippen molar-refractivity contribution in [1.29, 1.82) is 0 Å². The summed E-state index contributed by atoms with van der Waals surface area (Å²) < 4.78 is 0. The van der Waals surface area contributed by atoms with Crippen LogP contribution in [0.15, 0.2) is 30.3 Å². The van der Waals surface area contributed by atoms with E-state index in [1.54, 1.807) is 0 Å². The molecule has 1 unspecified atom stereocenters. The van der Waals surface area contributed by atoms with Crippen LogP contribution in [0.4, 0.5) is 0 Å². The molecular formula is C10H11ClN2O. The minimum absolute atomic E-state index is 0.0128. The maximum Gasteiger partial charge on any atom is 0.222 e. The van der Waals surface area contributed by atoms with Crippen molar-refractivity contribution in [3.8, 4) is 0 Å². The first kappa shape index (κ1) is 9.49. The van der Waals surface area contributed by atoms with Gasteiger partial charge in [-0.05, 0) is 17.3 Å². The van der Waals surface area contributed by atoms with Crippen LogP contribution in [0, 0.1) is 0 Å². The van der Waals surface area contributed by atoms with E-state index in [4.69, 9.17) is 11.8 Å². The van der Waals surface area contributed by atoms with Crippen LogP contribution in [0.5, 0.6) is 0 Å². The fourth-order valence-corrected chi connectivity index (χ4v) is 1.93. The van der Waals surface area contributed by atoms with E-state index in [2.05, 4.69) is 10.2 Å². The van der Waals surface area contributed by atoms with Gasteiger partial charge in [0.05, 0.1) is 12.1 Å². The molecule has 0 saturated carbocycles. The van der Waals surface area contributed by atoms with Crippen molar-refractivity contribution in [3.63, 3.8) is 0 Å². The average Bonchev–Trinajstić information content (AvgIpc) is 2.61. The van der Waals surface area contributed by atoms with Crippen molar-refractivity contribution >= 4 is 17.7 Å². The maximum atomic E-state index is 11.2. The zero-order chi connectivity index (χ0) is 9.97. The van der Waals surface area contributed by atoms with Crippen molar-refractivity contribution in [2.75, 3.05) is 0 Å². The van der Waals surface area contributed by atoms with E-state index >= 15 is 0 Å². The predicted molar refractivity (Wildman–Crippen MR) is 54.7 cm³/mol. The third-order valence-electron chi connectivity index (χ3n) is 2.42. The number of benzene rings is 1. The summed E-state index contributed by atoms with van der Waals surface area (Å²) >= 11 is 5.58. The Morgan fingerprint density at radius 2 is 2.07 bits per heavy atom. The van der Waals surface area contributed by atoms with Crippen LogP contribution in [-0.2, 0) is 4.79 Å². The number of nitrogens with one attached hydrogen (secondary N) is 2. The SMILES string of the molecule is O=C1C[C@H](NCl)C(c2ccccc2)N1. The van der Waals surface area contributed by atoms with Gasteiger partial charge in [-0.3, -0.25) is 4.79 Å². The fourth-order valence-electron chi connectivity index (χ4n) is 1.73. The van der Waals surface area contributed by atoms with Crippen molar-refractivity contribution < 1.29 is 4.79 Å². The molecule has 1 aliphatic rings. The molecule has 0 spiro atoms. The smallest absolute Gasteiger partial charge is 0.222 e. The zero-order valence-electron chi connectivity index (χ0n) is 7.53. The molecule has 0 aliphatic carbocycles. The lowest BCUT2D eigenvalue weighted by molar-refractivity contribution is -0.119. The molecule has 1 fully saturated rings. The Balaban J connectivity index is 2.22. The lowest BCUT2D eigenvalue weighted by Gasteiger charge is -2.16. The molecule has 3 nitrogen and oxygen atoms in total. The number of hydrogen-bond donors (Lipinski definition) is 2. The second kappa shape index (κ2) is 3.98. The lowest BCUT2D eigenvalue weighted by atomic mass is 10.0. The van der Waals surface area contributed by atoms with Crippen LogP contribution in [0.2, 0.25) is 0 Å². The molecule has 1 saturated heterocycles. The molecule has 1 aliphatic heterocycles. The van der Waals surface area contributed by atoms with Crippen molar-refractivity contribution in [2.24, 2.45) is 0 Å². The Morgan fingerprint density at radius 1 is 1.36 bits per heavy atom. The summed E-state index contributed by atoms with van der Waals surface area (Å²) in [5.74, 6) is 0.0389. The molecule has 1 heterocycles. The number of carbonyl (C=O) groups excluding carboxylic acids is 1. The van der Waals surface area contributed by atoms with Crippen LogP contribution in [0.3, 0.4) is 0 Å². The van der Waals surface area contributed by atoms with Gasteiger partial charge in [-0.15, -0.1) is 0 Å². The molecule has 0 bridgehead atoms. The van der Waals surface area contributed by atoms with Gasteiger partial charge in [0.15, 0.2) is 0 Å². The average molecular weight is 211 g/mol. The number of rotatable bonds is 2. The number of amides is 1. The first-order chi connectivity index (χ1) is 6.81. The third-order valence-corrected chi connectivity index (χ3v) is 2.70. The molecule has 14 heavy (non-hydrogen) atoms. The van der Waals surface area contributed by atoms with Crippen LogP contribution in [-0.4, -0.2) is 11.9 Å². The molecule has 1 aromatic rings. The van der Waals surface area contributed by atoms with Gasteiger partial charge >= 0.3 is 0 Å². The summed E-state index contributed by atoms with van der Waals surface area (Å²) in [5.41, 5.74) is 1.08. The molecule has 2 atom stereocenters. The largest absolute Gasteiger partial charge is 0.348 e. The van der Waals surface area contributed by atoms with E-state index in [-0.39, 0.29) is 18.0 Å². The van der Waals surface area contributed by atoms with Crippen LogP contribution >= 0.6 is 11.8 Å². The van der Waals surface area contributed by atoms with Gasteiger partial charge in [-0.2, -0.15) is 0 Å². The van der Waals surface area contributed by atoms with E-state index in [0.717, 1.165) is 5.56 Å². The van der Waals surface area contributed by atoms with Crippen molar-refractivity contribution in [1.82, 2.24) is 10.2 Å². The molecule has 0 radical (unpaired) electrons. The molecule has 2 rings (SSSR count). The Labute approximate surface area is 87.6 Å². The maximum absolute atomic E-state index is 11.2. The minimum Gasteiger partial charge on any atom is -0.348 e. The normalized spacial score (nSPS) is 26.2. The molecule has 74 valence electrons. The Hall–Kier alpha value is -1.06. The van der Waals surface area contributed by atoms with Gasteiger partial charge in [0.1, 0.15) is 0 Å². The zero-order valence-corrected chi connectivity index (χ0v) is 8.29. The summed E-state index contributed by atoms with van der Waals surface area (Å²) in [6, 6.07) is 9.78. The topological polar surface area (TPSA) is 41.1 Å². The number of halogens is 1. The standard InChI is InChI=1S/C10H11ClN2O/c11-13-8-6-9(14)12-10(8)7-4-2-1-3-5-7/h1-5,8,10,13H,6H2,(H,12,14)/t8-,10?/m0/s1. The van der Waals surface area contributed by atoms with Gasteiger partial charge in [0, 0.05) is 6.42 Å². The lowest BCUT2D eigenvalue weighted by Crippen LogP contribution is -2.28. The van der Waals surface area contributed by atoms with Gasteiger partial charge in [-0.1, -0.05) is 30.3 Å². The summed E-state index contributed by atoms with van der Waals surface area (Å²) in [7, 11) is 0. The highest BCUT2D eigenvalue weighted by Gasteiger charge is 2.32. The van der Waals surface area contributed by atoms with E-state index in [1.165, 1.54) is 0 Å². The molecule has 1 aromatic carbocycles. The fraction of sp³-hybridized carbons (Fsp3) is 0.300. The quantitative estimate of drug-likeness (QED) is 0.724. The van der Waals surface area contributed by atoms with Crippen LogP contribution in [0.1, 0.15) is 18.0 Å². The summed E-state index contributed by atoms with van der Waals surface area (Å²) in [6.07, 6.45) is 0.434. The van der Waals surface area contributed by atoms with Gasteiger partial charge in [0.25, 0.3) is 0 Å². The second-order valence-electron chi connectivity index (χ2n) is 3.38. The monoisotopic (exact) mass is 210 g/mol. The van der Waals surface area contributed by atoms with Crippen LogP contribution < -0.4 is 10.2 Å². The number of hydrogen-bond acceptors (Lipinski definition) is 2. The number of carbonyl (C=O) groups is 1. The summed E-state index contributed by atoms with van der Waals surface area (Å²) in [4.78, 5) is 13.8. The highest BCUT2D eigenvalue weighted by atomic mass is 35.5. The molecule has 2 N–H and O–H groups in total. The van der Waals surface area contributed by atoms with E-state index in [1.807, 2.05) is 30.3 Å². The minimum atomic E-state index is -0.0217. The second-order valence-corrected chi connectivity index (χ2v) is 3.59. The van der Waals surface area contributed by atoms with Crippen LogP contribution in [0.25, 0.3) is 0 Å². The Morgan fingerprint density at radius 3 is 2.71 bits per heavy atom. The van der Waals surface area contributed by atoms with Crippen molar-refractivity contribution in [2.45, 2.75) is 18.5 Å². The molecule has 0 aromatic heterocycles.